The molecule has 3 saturated carbocycles. The Morgan fingerprint density at radius 1 is 1.22 bits per heavy atom. The molecular formula is C31H32FN3O5S. The van der Waals surface area contributed by atoms with Gasteiger partial charge < -0.3 is 14.3 Å². The van der Waals surface area contributed by atoms with Crippen LogP contribution in [0.25, 0.3) is 11.8 Å². The van der Waals surface area contributed by atoms with Gasteiger partial charge in [0.25, 0.3) is 0 Å². The third kappa shape index (κ3) is 3.69. The standard InChI is InChI=1S/C31H32FN3O5S/c1-29-13-17-15-34-35(19-6-8-25(32)33-16-19)22(17)12-18(29)5-7-20-21-9-10-31(28(38)41,30(21,2)14-23(36)26(20)29)40-27(37)24-4-3-11-39-24/h3-4,6,8,11-12,15-16,20-21,23,26,36H,5,7,9-10,13-14H2,1-2H3,(H,38,41)/t20-,21?,23-,26?,29-,30-,31-/m0/s1. The second-order valence-corrected chi connectivity index (χ2v) is 13.0. The number of fused-ring (bicyclic) bond motifs is 6. The van der Waals surface area contributed by atoms with E-state index < -0.39 is 34.2 Å². The van der Waals surface area contributed by atoms with Gasteiger partial charge in [0.15, 0.2) is 5.60 Å². The van der Waals surface area contributed by atoms with Gasteiger partial charge in [-0.3, -0.25) is 4.79 Å². The van der Waals surface area contributed by atoms with E-state index in [1.807, 2.05) is 13.1 Å². The van der Waals surface area contributed by atoms with Gasteiger partial charge in [-0.15, -0.1) is 12.6 Å². The predicted molar refractivity (Wildman–Crippen MR) is 150 cm³/mol. The van der Waals surface area contributed by atoms with Crippen LogP contribution in [-0.4, -0.2) is 42.7 Å². The highest BCUT2D eigenvalue weighted by molar-refractivity contribution is 7.96. The van der Waals surface area contributed by atoms with Crippen LogP contribution in [0, 0.1) is 34.5 Å². The van der Waals surface area contributed by atoms with Gasteiger partial charge in [-0.05, 0) is 97.6 Å². The van der Waals surface area contributed by atoms with Crippen molar-refractivity contribution >= 4 is 29.8 Å². The largest absolute Gasteiger partial charge is 0.457 e. The number of ether oxygens (including phenoxy) is 1. The van der Waals surface area contributed by atoms with Crippen molar-refractivity contribution in [3.63, 3.8) is 0 Å². The Balaban J connectivity index is 1.22. The number of halogens is 1. The van der Waals surface area contributed by atoms with Crippen LogP contribution < -0.4 is 0 Å². The van der Waals surface area contributed by atoms with Crippen LogP contribution in [0.15, 0.2) is 52.9 Å². The number of aliphatic hydroxyl groups excluding tert-OH is 1. The van der Waals surface area contributed by atoms with Crippen LogP contribution in [0.3, 0.4) is 0 Å². The van der Waals surface area contributed by atoms with Crippen LogP contribution in [-0.2, 0) is 16.0 Å². The van der Waals surface area contributed by atoms with Gasteiger partial charge in [-0.1, -0.05) is 19.4 Å². The fourth-order valence-corrected chi connectivity index (χ4v) is 9.45. The molecule has 10 heteroatoms. The summed E-state index contributed by atoms with van der Waals surface area (Å²) in [5.41, 5.74) is 1.48. The fourth-order valence-electron chi connectivity index (χ4n) is 9.04. The Bertz CT molecular complexity index is 1570. The van der Waals surface area contributed by atoms with Crippen molar-refractivity contribution in [1.29, 1.82) is 0 Å². The molecule has 1 N–H and O–H groups in total. The minimum atomic E-state index is -1.45. The molecule has 214 valence electrons. The summed E-state index contributed by atoms with van der Waals surface area (Å²) >= 11 is 4.26. The van der Waals surface area contributed by atoms with Gasteiger partial charge in [-0.2, -0.15) is 9.49 Å². The summed E-state index contributed by atoms with van der Waals surface area (Å²) in [5, 5.41) is 16.0. The van der Waals surface area contributed by atoms with Gasteiger partial charge in [0.1, 0.15) is 0 Å². The molecule has 3 aromatic rings. The molecule has 8 nitrogen and oxygen atoms in total. The molecule has 3 heterocycles. The Hall–Kier alpha value is -3.24. The van der Waals surface area contributed by atoms with Gasteiger partial charge in [0.05, 0.1) is 36.1 Å². The fraction of sp³-hybridized carbons (Fsp3) is 0.484. The molecule has 7 rings (SSSR count). The quantitative estimate of drug-likeness (QED) is 0.249. The van der Waals surface area contributed by atoms with Gasteiger partial charge in [0.2, 0.25) is 16.8 Å². The molecule has 3 fully saturated rings. The number of carbonyl (C=O) groups is 2. The monoisotopic (exact) mass is 577 g/mol. The summed E-state index contributed by atoms with van der Waals surface area (Å²) in [4.78, 5) is 30.0. The molecule has 0 amide bonds. The first-order valence-electron chi connectivity index (χ1n) is 14.2. The Labute approximate surface area is 242 Å². The van der Waals surface area contributed by atoms with Crippen molar-refractivity contribution in [2.75, 3.05) is 0 Å². The minimum absolute atomic E-state index is 0.0313. The lowest BCUT2D eigenvalue weighted by Gasteiger charge is -2.60. The van der Waals surface area contributed by atoms with E-state index in [2.05, 4.69) is 35.7 Å². The Morgan fingerprint density at radius 2 is 2.05 bits per heavy atom. The molecule has 4 aliphatic rings. The summed E-state index contributed by atoms with van der Waals surface area (Å²) in [6.07, 6.45) is 10.0. The molecule has 0 aromatic carbocycles. The number of aliphatic hydroxyl groups is 1. The first-order valence-corrected chi connectivity index (χ1v) is 14.6. The average Bonchev–Trinajstić information content (AvgIpc) is 3.66. The highest BCUT2D eigenvalue weighted by Crippen LogP contribution is 2.68. The first kappa shape index (κ1) is 26.6. The van der Waals surface area contributed by atoms with Crippen LogP contribution in [0.4, 0.5) is 4.39 Å². The number of hydrogen-bond donors (Lipinski definition) is 2. The van der Waals surface area contributed by atoms with Crippen molar-refractivity contribution in [2.24, 2.45) is 28.6 Å². The van der Waals surface area contributed by atoms with E-state index in [9.17, 15) is 19.1 Å². The van der Waals surface area contributed by atoms with Crippen LogP contribution in [0.5, 0.6) is 0 Å². The molecule has 0 aliphatic heterocycles. The van der Waals surface area contributed by atoms with Crippen LogP contribution in [0.2, 0.25) is 0 Å². The highest BCUT2D eigenvalue weighted by atomic mass is 32.1. The first-order chi connectivity index (χ1) is 19.6. The third-order valence-electron chi connectivity index (χ3n) is 10.8. The van der Waals surface area contributed by atoms with Crippen LogP contribution in [0.1, 0.15) is 67.8 Å². The second kappa shape index (κ2) is 9.13. The smallest absolute Gasteiger partial charge is 0.375 e. The molecule has 0 radical (unpaired) electrons. The summed E-state index contributed by atoms with van der Waals surface area (Å²) in [6.45, 7) is 4.23. The number of thiol groups is 1. The van der Waals surface area contributed by atoms with E-state index >= 15 is 0 Å². The number of allylic oxidation sites excluding steroid dienone is 1. The third-order valence-corrected chi connectivity index (χ3v) is 11.2. The minimum Gasteiger partial charge on any atom is -0.457 e. The summed E-state index contributed by atoms with van der Waals surface area (Å²) < 4.78 is 26.5. The van der Waals surface area contributed by atoms with E-state index in [1.165, 1.54) is 30.2 Å². The number of furan rings is 1. The molecule has 0 bridgehead atoms. The van der Waals surface area contributed by atoms with E-state index in [0.29, 0.717) is 31.4 Å². The van der Waals surface area contributed by atoms with Crippen LogP contribution >= 0.6 is 12.6 Å². The number of pyridine rings is 1. The van der Waals surface area contributed by atoms with Gasteiger partial charge in [0, 0.05) is 5.41 Å². The highest BCUT2D eigenvalue weighted by Gasteiger charge is 2.70. The molecule has 3 aromatic heterocycles. The zero-order chi connectivity index (χ0) is 28.7. The number of rotatable bonds is 4. The Morgan fingerprint density at radius 3 is 2.76 bits per heavy atom. The number of hydrogen-bond acceptors (Lipinski definition) is 7. The van der Waals surface area contributed by atoms with E-state index in [4.69, 9.17) is 9.15 Å². The maximum absolute atomic E-state index is 13.4. The molecule has 4 aliphatic carbocycles. The molecule has 7 atom stereocenters. The zero-order valence-electron chi connectivity index (χ0n) is 22.9. The molecular weight excluding hydrogens is 545 g/mol. The summed E-state index contributed by atoms with van der Waals surface area (Å²) in [5.74, 6) is -1.01. The number of nitrogens with zero attached hydrogens (tertiary/aromatic N) is 3. The molecule has 0 spiro atoms. The Kier molecular flexibility index (Phi) is 5.93. The lowest BCUT2D eigenvalue weighted by molar-refractivity contribution is -0.174. The number of esters is 1. The topological polar surface area (TPSA) is 107 Å². The normalized spacial score (nSPS) is 35.5. The average molecular weight is 578 g/mol. The maximum Gasteiger partial charge on any atom is 0.375 e. The molecule has 0 saturated heterocycles. The summed E-state index contributed by atoms with van der Waals surface area (Å²) in [7, 11) is 0. The van der Waals surface area contributed by atoms with Crippen molar-refractivity contribution in [3.8, 4) is 5.69 Å². The molecule has 41 heavy (non-hydrogen) atoms. The number of carbonyl (C=O) groups excluding carboxylic acids is 2. The zero-order valence-corrected chi connectivity index (χ0v) is 23.8. The second-order valence-electron chi connectivity index (χ2n) is 12.6. The van der Waals surface area contributed by atoms with Crippen molar-refractivity contribution in [2.45, 2.75) is 64.1 Å². The lowest BCUT2D eigenvalue weighted by Crippen LogP contribution is -2.62. The lowest BCUT2D eigenvalue weighted by atomic mass is 9.45. The predicted octanol–water partition coefficient (Wildman–Crippen LogP) is 5.20. The van der Waals surface area contributed by atoms with Gasteiger partial charge in [-0.25, -0.2) is 14.5 Å². The van der Waals surface area contributed by atoms with Crippen molar-refractivity contribution in [3.05, 3.63) is 71.5 Å². The number of aromatic nitrogens is 3. The van der Waals surface area contributed by atoms with E-state index in [0.717, 1.165) is 24.1 Å². The summed E-state index contributed by atoms with van der Waals surface area (Å²) in [6, 6.07) is 6.11. The maximum atomic E-state index is 13.4. The van der Waals surface area contributed by atoms with E-state index in [1.54, 1.807) is 16.8 Å². The van der Waals surface area contributed by atoms with Crippen molar-refractivity contribution in [1.82, 2.24) is 14.8 Å². The van der Waals surface area contributed by atoms with Crippen molar-refractivity contribution < 1.29 is 28.2 Å². The molecule has 2 unspecified atom stereocenters. The van der Waals surface area contributed by atoms with E-state index in [-0.39, 0.29) is 28.9 Å². The van der Waals surface area contributed by atoms with Gasteiger partial charge >= 0.3 is 5.97 Å². The SMILES string of the molecule is C[C@]12Cc3cnn(-c4ccc(F)nc4)c3C=C1CC[C@@H]1C2[C@@H](O)C[C@@]2(C)C1CC[C@]2(OC(=O)c1ccco1)C(=O)S.